The molecule has 1 aromatic rings. The number of esters is 1. The van der Waals surface area contributed by atoms with Crippen LogP contribution < -0.4 is 0 Å². The maximum absolute atomic E-state index is 11.3. The van der Waals surface area contributed by atoms with Crippen molar-refractivity contribution in [3.05, 3.63) is 16.5 Å². The maximum Gasteiger partial charge on any atom is 0.344 e. The lowest BCUT2D eigenvalue weighted by atomic mass is 10.1. The van der Waals surface area contributed by atoms with Gasteiger partial charge in [0.15, 0.2) is 0 Å². The molecule has 0 saturated carbocycles. The predicted octanol–water partition coefficient (Wildman–Crippen LogP) is 2.31. The van der Waals surface area contributed by atoms with E-state index in [9.17, 15) is 4.79 Å². The van der Waals surface area contributed by atoms with Crippen molar-refractivity contribution in [3.8, 4) is 0 Å². The monoisotopic (exact) mass is 217 g/mol. The van der Waals surface area contributed by atoms with Crippen LogP contribution in [0.25, 0.3) is 0 Å². The van der Waals surface area contributed by atoms with Gasteiger partial charge in [0, 0.05) is 0 Å². The SMILES string of the molecule is COC(=O)c1c(CC(C)C)noc1Cl. The van der Waals surface area contributed by atoms with Crippen molar-refractivity contribution in [2.75, 3.05) is 7.11 Å². The summed E-state index contributed by atoms with van der Waals surface area (Å²) in [7, 11) is 1.30. The standard InChI is InChI=1S/C9H12ClNO3/c1-5(2)4-6-7(9(12)13-3)8(10)14-11-6/h5H,4H2,1-3H3. The molecule has 0 bridgehead atoms. The minimum absolute atomic E-state index is 0.00694. The van der Waals surface area contributed by atoms with Gasteiger partial charge in [-0.3, -0.25) is 0 Å². The second kappa shape index (κ2) is 4.46. The number of carbonyl (C=O) groups is 1. The number of carbonyl (C=O) groups excluding carboxylic acids is 1. The van der Waals surface area contributed by atoms with Gasteiger partial charge in [0.25, 0.3) is 0 Å². The van der Waals surface area contributed by atoms with Crippen LogP contribution >= 0.6 is 11.6 Å². The van der Waals surface area contributed by atoms with E-state index in [1.54, 1.807) is 0 Å². The van der Waals surface area contributed by atoms with Crippen LogP contribution in [0.2, 0.25) is 5.22 Å². The number of aromatic nitrogens is 1. The Kier molecular flexibility index (Phi) is 3.52. The molecule has 0 fully saturated rings. The first kappa shape index (κ1) is 11.0. The van der Waals surface area contributed by atoms with Crippen molar-refractivity contribution in [1.29, 1.82) is 0 Å². The number of ether oxygens (including phenoxy) is 1. The zero-order valence-electron chi connectivity index (χ0n) is 8.33. The Labute approximate surface area is 87.2 Å². The molecule has 4 nitrogen and oxygen atoms in total. The highest BCUT2D eigenvalue weighted by atomic mass is 35.5. The van der Waals surface area contributed by atoms with E-state index >= 15 is 0 Å². The average Bonchev–Trinajstić information content (AvgIpc) is 2.45. The summed E-state index contributed by atoms with van der Waals surface area (Å²) in [6.07, 6.45) is 0.640. The predicted molar refractivity (Wildman–Crippen MR) is 51.4 cm³/mol. The van der Waals surface area contributed by atoms with E-state index in [2.05, 4.69) is 9.89 Å². The van der Waals surface area contributed by atoms with E-state index in [0.717, 1.165) is 0 Å². The quantitative estimate of drug-likeness (QED) is 0.729. The van der Waals surface area contributed by atoms with Gasteiger partial charge < -0.3 is 9.26 Å². The number of hydrogen-bond donors (Lipinski definition) is 0. The Balaban J connectivity index is 3.00. The van der Waals surface area contributed by atoms with Crippen LogP contribution in [-0.4, -0.2) is 18.2 Å². The summed E-state index contributed by atoms with van der Waals surface area (Å²) < 4.78 is 9.31. The lowest BCUT2D eigenvalue weighted by Crippen LogP contribution is -2.06. The average molecular weight is 218 g/mol. The Morgan fingerprint density at radius 1 is 1.64 bits per heavy atom. The van der Waals surface area contributed by atoms with Crippen LogP contribution in [0, 0.1) is 5.92 Å². The number of rotatable bonds is 3. The van der Waals surface area contributed by atoms with Crippen molar-refractivity contribution in [2.45, 2.75) is 20.3 Å². The second-order valence-electron chi connectivity index (χ2n) is 3.37. The molecule has 0 radical (unpaired) electrons. The molecule has 0 saturated heterocycles. The van der Waals surface area contributed by atoms with Crippen molar-refractivity contribution in [1.82, 2.24) is 5.16 Å². The van der Waals surface area contributed by atoms with Gasteiger partial charge in [-0.1, -0.05) is 19.0 Å². The van der Waals surface area contributed by atoms with Gasteiger partial charge in [-0.25, -0.2) is 4.79 Å². The molecule has 0 aromatic carbocycles. The van der Waals surface area contributed by atoms with Crippen LogP contribution in [0.5, 0.6) is 0 Å². The van der Waals surface area contributed by atoms with Gasteiger partial charge in [0.1, 0.15) is 11.3 Å². The highest BCUT2D eigenvalue weighted by Gasteiger charge is 2.22. The van der Waals surface area contributed by atoms with Gasteiger partial charge >= 0.3 is 5.97 Å². The highest BCUT2D eigenvalue weighted by Crippen LogP contribution is 2.22. The van der Waals surface area contributed by atoms with E-state index in [-0.39, 0.29) is 10.8 Å². The zero-order chi connectivity index (χ0) is 10.7. The van der Waals surface area contributed by atoms with Gasteiger partial charge in [-0.15, -0.1) is 0 Å². The summed E-state index contributed by atoms with van der Waals surface area (Å²) in [6, 6.07) is 0. The van der Waals surface area contributed by atoms with Crippen molar-refractivity contribution >= 4 is 17.6 Å². The molecule has 1 aromatic heterocycles. The lowest BCUT2D eigenvalue weighted by molar-refractivity contribution is 0.0599. The summed E-state index contributed by atoms with van der Waals surface area (Å²) in [5, 5.41) is 3.71. The third-order valence-electron chi connectivity index (χ3n) is 1.71. The molecule has 0 spiro atoms. The fourth-order valence-electron chi connectivity index (χ4n) is 1.13. The summed E-state index contributed by atoms with van der Waals surface area (Å²) in [5.74, 6) is -0.133. The molecular formula is C9H12ClNO3. The van der Waals surface area contributed by atoms with E-state index in [0.29, 0.717) is 18.0 Å². The van der Waals surface area contributed by atoms with Crippen LogP contribution in [-0.2, 0) is 11.2 Å². The third-order valence-corrected chi connectivity index (χ3v) is 1.97. The first-order valence-corrected chi connectivity index (χ1v) is 4.66. The number of hydrogen-bond acceptors (Lipinski definition) is 4. The molecular weight excluding hydrogens is 206 g/mol. The van der Waals surface area contributed by atoms with E-state index < -0.39 is 5.97 Å². The van der Waals surface area contributed by atoms with Crippen molar-refractivity contribution in [2.24, 2.45) is 5.92 Å². The number of nitrogens with zero attached hydrogens (tertiary/aromatic N) is 1. The largest absolute Gasteiger partial charge is 0.465 e. The van der Waals surface area contributed by atoms with Crippen LogP contribution in [0.4, 0.5) is 0 Å². The first-order valence-electron chi connectivity index (χ1n) is 4.28. The molecule has 0 aliphatic heterocycles. The topological polar surface area (TPSA) is 52.3 Å². The second-order valence-corrected chi connectivity index (χ2v) is 3.71. The molecule has 78 valence electrons. The fraction of sp³-hybridized carbons (Fsp3) is 0.556. The molecule has 0 aliphatic rings. The van der Waals surface area contributed by atoms with E-state index in [4.69, 9.17) is 16.1 Å². The normalized spacial score (nSPS) is 10.6. The van der Waals surface area contributed by atoms with Crippen LogP contribution in [0.3, 0.4) is 0 Å². The molecule has 0 amide bonds. The van der Waals surface area contributed by atoms with Gasteiger partial charge in [0.05, 0.1) is 7.11 Å². The van der Waals surface area contributed by atoms with E-state index in [1.165, 1.54) is 7.11 Å². The van der Waals surface area contributed by atoms with E-state index in [1.807, 2.05) is 13.8 Å². The first-order chi connectivity index (χ1) is 6.56. The molecule has 1 heterocycles. The summed E-state index contributed by atoms with van der Waals surface area (Å²) in [5.41, 5.74) is 0.791. The Morgan fingerprint density at radius 3 is 2.79 bits per heavy atom. The number of halogens is 1. The van der Waals surface area contributed by atoms with Gasteiger partial charge in [0.2, 0.25) is 5.22 Å². The Bertz CT molecular complexity index is 333. The summed E-state index contributed by atoms with van der Waals surface area (Å²) >= 11 is 5.67. The minimum Gasteiger partial charge on any atom is -0.465 e. The summed E-state index contributed by atoms with van der Waals surface area (Å²) in [6.45, 7) is 4.04. The maximum atomic E-state index is 11.3. The molecule has 0 unspecified atom stereocenters. The van der Waals surface area contributed by atoms with Crippen LogP contribution in [0.15, 0.2) is 4.52 Å². The lowest BCUT2D eigenvalue weighted by Gasteiger charge is -2.02. The summed E-state index contributed by atoms with van der Waals surface area (Å²) in [4.78, 5) is 11.3. The van der Waals surface area contributed by atoms with Crippen molar-refractivity contribution < 1.29 is 14.1 Å². The smallest absolute Gasteiger partial charge is 0.344 e. The molecule has 14 heavy (non-hydrogen) atoms. The van der Waals surface area contributed by atoms with Crippen molar-refractivity contribution in [3.63, 3.8) is 0 Å². The minimum atomic E-state index is -0.507. The van der Waals surface area contributed by atoms with Crippen LogP contribution in [0.1, 0.15) is 29.9 Å². The number of methoxy groups -OCH3 is 1. The molecule has 0 atom stereocenters. The highest BCUT2D eigenvalue weighted by molar-refractivity contribution is 6.31. The Morgan fingerprint density at radius 2 is 2.29 bits per heavy atom. The molecule has 1 rings (SSSR count). The van der Waals surface area contributed by atoms with Gasteiger partial charge in [-0.05, 0) is 23.9 Å². The van der Waals surface area contributed by atoms with Gasteiger partial charge in [-0.2, -0.15) is 0 Å². The molecule has 0 N–H and O–H groups in total. The third kappa shape index (κ3) is 2.26. The molecule has 0 aliphatic carbocycles. The zero-order valence-corrected chi connectivity index (χ0v) is 9.09. The Hall–Kier alpha value is -1.03. The fourth-order valence-corrected chi connectivity index (χ4v) is 1.35. The molecule has 5 heteroatoms.